The minimum atomic E-state index is -0.482. The van der Waals surface area contributed by atoms with E-state index in [0.29, 0.717) is 23.9 Å². The fourth-order valence-corrected chi connectivity index (χ4v) is 11.0. The Morgan fingerprint density at radius 3 is 2.58 bits per heavy atom. The number of hydrogen-bond acceptors (Lipinski definition) is 4. The first kappa shape index (κ1) is 31.2. The zero-order valence-electron chi connectivity index (χ0n) is 30.2. The number of allylic oxidation sites excluding steroid dienone is 11. The van der Waals surface area contributed by atoms with Gasteiger partial charge in [-0.25, -0.2) is 0 Å². The summed E-state index contributed by atoms with van der Waals surface area (Å²) in [4.78, 5) is 7.48. The molecule has 8 aliphatic rings. The van der Waals surface area contributed by atoms with Crippen LogP contribution in [0.3, 0.4) is 0 Å². The van der Waals surface area contributed by atoms with Crippen molar-refractivity contribution in [2.45, 2.75) is 69.0 Å². The monoisotopic (exact) mass is 692 g/mol. The van der Waals surface area contributed by atoms with Gasteiger partial charge >= 0.3 is 0 Å². The number of dihydropyridines is 1. The molecule has 7 atom stereocenters. The number of aliphatic imine (C=N–C) groups is 1. The van der Waals surface area contributed by atoms with Crippen LogP contribution in [-0.4, -0.2) is 18.3 Å². The van der Waals surface area contributed by atoms with Crippen LogP contribution in [0, 0.1) is 17.3 Å². The van der Waals surface area contributed by atoms with E-state index in [0.717, 1.165) is 61.5 Å². The standard InChI is InChI=1S/C49H44N2O2/c1-48-27-11-9-20-47(48)51(35-13-3-2-4-14-35)42-25-22-32(29-39(42)48)33-23-26-45-40(30-33)49(36-15-5-7-18-43(36)52-45)37-16-6-8-19-44(37)53-46-31-34(21-24-38(46)49)41-17-10-12-28-50-41/h2-7,9-16,18,20-22,24-25,27-29,31,33,39,41-42,47H,8,17,19,23,26,30H2,1H3. The summed E-state index contributed by atoms with van der Waals surface area (Å²) in [5.74, 6) is 4.94. The third kappa shape index (κ3) is 4.51. The summed E-state index contributed by atoms with van der Waals surface area (Å²) in [5, 5.41) is 0. The first-order valence-corrected chi connectivity index (χ1v) is 19.6. The molecule has 0 radical (unpaired) electrons. The molecule has 53 heavy (non-hydrogen) atoms. The number of ether oxygens (including phenoxy) is 2. The van der Waals surface area contributed by atoms with Gasteiger partial charge in [0.05, 0.1) is 23.5 Å². The molecule has 7 unspecified atom stereocenters. The number of nitrogens with zero attached hydrogens (tertiary/aromatic N) is 2. The highest BCUT2D eigenvalue weighted by Crippen LogP contribution is 2.63. The molecule has 11 rings (SSSR count). The average molecular weight is 693 g/mol. The molecule has 1 saturated heterocycles. The quantitative estimate of drug-likeness (QED) is 0.274. The molecule has 4 heteroatoms. The van der Waals surface area contributed by atoms with Gasteiger partial charge in [-0.05, 0) is 78.7 Å². The van der Waals surface area contributed by atoms with E-state index in [-0.39, 0.29) is 11.5 Å². The van der Waals surface area contributed by atoms with Crippen LogP contribution in [0.1, 0.15) is 68.2 Å². The van der Waals surface area contributed by atoms with E-state index in [1.165, 1.54) is 39.1 Å². The summed E-state index contributed by atoms with van der Waals surface area (Å²) in [6.45, 7) is 2.47. The average Bonchev–Trinajstić information content (AvgIpc) is 3.48. The van der Waals surface area contributed by atoms with Crippen molar-refractivity contribution in [1.82, 2.24) is 0 Å². The van der Waals surface area contributed by atoms with Gasteiger partial charge in [0.15, 0.2) is 0 Å². The van der Waals surface area contributed by atoms with E-state index in [4.69, 9.17) is 14.5 Å². The number of fused-ring (bicyclic) bond motifs is 9. The maximum atomic E-state index is 6.94. The molecule has 0 amide bonds. The van der Waals surface area contributed by atoms with Crippen molar-refractivity contribution in [3.8, 4) is 11.5 Å². The summed E-state index contributed by atoms with van der Waals surface area (Å²) < 4.78 is 13.9. The Kier molecular flexibility index (Phi) is 6.96. The van der Waals surface area contributed by atoms with Crippen molar-refractivity contribution >= 4 is 11.9 Å². The smallest absolute Gasteiger partial charge is 0.132 e. The summed E-state index contributed by atoms with van der Waals surface area (Å²) in [6.07, 6.45) is 33.7. The second-order valence-corrected chi connectivity index (χ2v) is 16.1. The van der Waals surface area contributed by atoms with Gasteiger partial charge in [0.2, 0.25) is 0 Å². The molecule has 3 aromatic rings. The molecular weight excluding hydrogens is 649 g/mol. The summed E-state index contributed by atoms with van der Waals surface area (Å²) >= 11 is 0. The Morgan fingerprint density at radius 2 is 1.68 bits per heavy atom. The van der Waals surface area contributed by atoms with Crippen LogP contribution in [0.2, 0.25) is 0 Å². The molecule has 0 aromatic heterocycles. The topological polar surface area (TPSA) is 34.1 Å². The van der Waals surface area contributed by atoms with E-state index in [2.05, 4.69) is 145 Å². The summed E-state index contributed by atoms with van der Waals surface area (Å²) in [5.41, 5.74) is 8.63. The van der Waals surface area contributed by atoms with E-state index in [1.54, 1.807) is 0 Å². The number of benzene rings is 3. The first-order valence-electron chi connectivity index (χ1n) is 19.6. The van der Waals surface area contributed by atoms with Crippen LogP contribution in [0.15, 0.2) is 173 Å². The maximum Gasteiger partial charge on any atom is 0.132 e. The van der Waals surface area contributed by atoms with E-state index >= 15 is 0 Å². The van der Waals surface area contributed by atoms with Gasteiger partial charge in [-0.3, -0.25) is 4.99 Å². The number of hydrogen-bond donors (Lipinski definition) is 0. The Balaban J connectivity index is 1.03. The number of rotatable bonds is 3. The third-order valence-electron chi connectivity index (χ3n) is 13.5. The summed E-state index contributed by atoms with van der Waals surface area (Å²) in [7, 11) is 0. The summed E-state index contributed by atoms with van der Waals surface area (Å²) in [6, 6.07) is 27.4. The molecule has 4 aliphatic carbocycles. The van der Waals surface area contributed by atoms with E-state index in [1.807, 2.05) is 12.3 Å². The largest absolute Gasteiger partial charge is 0.461 e. The van der Waals surface area contributed by atoms with Gasteiger partial charge in [0.25, 0.3) is 0 Å². The molecule has 4 nitrogen and oxygen atoms in total. The van der Waals surface area contributed by atoms with E-state index < -0.39 is 5.41 Å². The zero-order chi connectivity index (χ0) is 35.1. The highest BCUT2D eigenvalue weighted by molar-refractivity contribution is 5.74. The highest BCUT2D eigenvalue weighted by atomic mass is 16.5. The SMILES string of the molecule is CC12C=CC=CC1N(c1ccccc1)C1C=CC(C3CCC4=C(C3)C3(C5=C(CCC=C5)Oc5cc(C6CC=CC=N6)ccc53)c3ccccc3O4)=CC12. The molecular formula is C49H44N2O2. The lowest BCUT2D eigenvalue weighted by Gasteiger charge is -2.49. The fraction of sp³-hybridized carbons (Fsp3) is 0.286. The van der Waals surface area contributed by atoms with Crippen molar-refractivity contribution in [3.63, 3.8) is 0 Å². The fourth-order valence-electron chi connectivity index (χ4n) is 11.0. The molecule has 0 bridgehead atoms. The van der Waals surface area contributed by atoms with Crippen molar-refractivity contribution in [2.24, 2.45) is 22.2 Å². The van der Waals surface area contributed by atoms with Crippen LogP contribution in [-0.2, 0) is 5.41 Å². The van der Waals surface area contributed by atoms with Crippen molar-refractivity contribution in [3.05, 3.63) is 185 Å². The number of para-hydroxylation sites is 2. The Labute approximate surface area is 312 Å². The van der Waals surface area contributed by atoms with Gasteiger partial charge in [-0.2, -0.15) is 0 Å². The third-order valence-corrected chi connectivity index (χ3v) is 13.5. The highest BCUT2D eigenvalue weighted by Gasteiger charge is 2.56. The van der Waals surface area contributed by atoms with Gasteiger partial charge < -0.3 is 14.4 Å². The Hall–Kier alpha value is -5.35. The molecule has 1 spiro atoms. The predicted molar refractivity (Wildman–Crippen MR) is 213 cm³/mol. The molecule has 4 heterocycles. The molecule has 262 valence electrons. The molecule has 0 N–H and O–H groups in total. The lowest BCUT2D eigenvalue weighted by molar-refractivity contribution is 0.294. The zero-order valence-corrected chi connectivity index (χ0v) is 30.2. The normalized spacial score (nSPS) is 32.7. The second-order valence-electron chi connectivity index (χ2n) is 16.1. The van der Waals surface area contributed by atoms with Crippen molar-refractivity contribution in [1.29, 1.82) is 0 Å². The Bertz CT molecular complexity index is 2320. The van der Waals surface area contributed by atoms with Gasteiger partial charge in [-0.1, -0.05) is 116 Å². The lowest BCUT2D eigenvalue weighted by atomic mass is 9.57. The molecule has 3 aromatic carbocycles. The first-order chi connectivity index (χ1) is 26.1. The van der Waals surface area contributed by atoms with Crippen molar-refractivity contribution in [2.75, 3.05) is 4.90 Å². The van der Waals surface area contributed by atoms with Gasteiger partial charge in [0.1, 0.15) is 23.0 Å². The number of anilines is 1. The Morgan fingerprint density at radius 1 is 0.811 bits per heavy atom. The molecule has 4 aliphatic heterocycles. The van der Waals surface area contributed by atoms with Crippen LogP contribution in [0.5, 0.6) is 11.5 Å². The predicted octanol–water partition coefficient (Wildman–Crippen LogP) is 11.0. The van der Waals surface area contributed by atoms with Gasteiger partial charge in [0, 0.05) is 52.8 Å². The van der Waals surface area contributed by atoms with Crippen LogP contribution >= 0.6 is 0 Å². The molecule has 1 fully saturated rings. The second kappa shape index (κ2) is 11.8. The minimum Gasteiger partial charge on any atom is -0.461 e. The van der Waals surface area contributed by atoms with E-state index in [9.17, 15) is 0 Å². The maximum absolute atomic E-state index is 6.94. The van der Waals surface area contributed by atoms with Crippen molar-refractivity contribution < 1.29 is 9.47 Å². The van der Waals surface area contributed by atoms with Crippen LogP contribution < -0.4 is 14.4 Å². The minimum absolute atomic E-state index is 0.000602. The lowest BCUT2D eigenvalue weighted by Crippen LogP contribution is -2.42. The van der Waals surface area contributed by atoms with Gasteiger partial charge in [-0.15, -0.1) is 0 Å². The van der Waals surface area contributed by atoms with Crippen LogP contribution in [0.4, 0.5) is 5.69 Å². The van der Waals surface area contributed by atoms with Crippen LogP contribution in [0.25, 0.3) is 0 Å². The molecule has 0 saturated carbocycles.